The van der Waals surface area contributed by atoms with E-state index in [2.05, 4.69) is 42.5 Å². The predicted molar refractivity (Wildman–Crippen MR) is 164 cm³/mol. The molecular formula is C35H40N2O6. The fraction of sp³-hybridized carbons (Fsp3) is 0.343. The maximum absolute atomic E-state index is 13.3. The number of rotatable bonds is 12. The monoisotopic (exact) mass is 584 g/mol. The van der Waals surface area contributed by atoms with Gasteiger partial charge in [0.05, 0.1) is 37.4 Å². The predicted octanol–water partition coefficient (Wildman–Crippen LogP) is 6.44. The summed E-state index contributed by atoms with van der Waals surface area (Å²) in [5, 5.41) is 7.29. The summed E-state index contributed by atoms with van der Waals surface area (Å²) in [5.74, 6) is 0.604. The van der Waals surface area contributed by atoms with Gasteiger partial charge >= 0.3 is 5.97 Å². The molecule has 226 valence electrons. The minimum atomic E-state index is -1.17. The molecule has 0 fully saturated rings. The Labute approximate surface area is 253 Å². The molecule has 1 aromatic heterocycles. The van der Waals surface area contributed by atoms with Gasteiger partial charge in [-0.2, -0.15) is 0 Å². The van der Waals surface area contributed by atoms with Crippen LogP contribution in [0.15, 0.2) is 77.3 Å². The summed E-state index contributed by atoms with van der Waals surface area (Å²) >= 11 is 0. The molecular weight excluding hydrogens is 544 g/mol. The fourth-order valence-electron chi connectivity index (χ4n) is 5.10. The van der Waals surface area contributed by atoms with Gasteiger partial charge in [-0.3, -0.25) is 4.79 Å². The lowest BCUT2D eigenvalue weighted by molar-refractivity contribution is -0.167. The molecule has 0 aliphatic carbocycles. The third-order valence-corrected chi connectivity index (χ3v) is 7.42. The van der Waals surface area contributed by atoms with Crippen molar-refractivity contribution in [2.45, 2.75) is 65.7 Å². The molecule has 0 bridgehead atoms. The molecule has 1 N–H and O–H groups in total. The number of amides is 1. The molecule has 0 spiro atoms. The molecule has 8 heteroatoms. The highest BCUT2D eigenvalue weighted by atomic mass is 16.6. The first-order chi connectivity index (χ1) is 20.5. The molecule has 0 aliphatic rings. The number of aromatic nitrogens is 1. The summed E-state index contributed by atoms with van der Waals surface area (Å²) in [4.78, 5) is 25.4. The van der Waals surface area contributed by atoms with E-state index in [0.717, 1.165) is 27.8 Å². The van der Waals surface area contributed by atoms with Gasteiger partial charge in [-0.25, -0.2) is 4.79 Å². The Morgan fingerprint density at radius 3 is 2.26 bits per heavy atom. The molecule has 3 aromatic carbocycles. The van der Waals surface area contributed by atoms with E-state index in [1.54, 1.807) is 20.8 Å². The number of nitrogens with zero attached hydrogens (tertiary/aromatic N) is 1. The average Bonchev–Trinajstić information content (AvgIpc) is 3.32. The third kappa shape index (κ3) is 7.90. The first-order valence-electron chi connectivity index (χ1n) is 14.3. The fourth-order valence-corrected chi connectivity index (χ4v) is 5.10. The number of hydrogen-bond donors (Lipinski definition) is 1. The Balaban J connectivity index is 1.48. The van der Waals surface area contributed by atoms with Gasteiger partial charge in [-0.05, 0) is 75.9 Å². The van der Waals surface area contributed by atoms with E-state index >= 15 is 0 Å². The highest BCUT2D eigenvalue weighted by Gasteiger charge is 2.33. The minimum Gasteiger partial charge on any atom is -0.483 e. The van der Waals surface area contributed by atoms with Crippen LogP contribution in [0, 0.1) is 27.7 Å². The standard InChI is InChI=1S/C35H40N2O6/c1-22-13-18-29(23(2)19-22)33(27-11-9-8-10-12-27)36-31(38)20-26-14-16-28(17-15-26)42-30(32-24(3)37-43-25(32)4)21-41-35(5,6)34(39)40-7/h8-19,30,33H,20-21H2,1-7H3,(H,36,38). The quantitative estimate of drug-likeness (QED) is 0.191. The van der Waals surface area contributed by atoms with Crippen molar-refractivity contribution in [2.75, 3.05) is 13.7 Å². The number of nitrogens with one attached hydrogen (secondary N) is 1. The van der Waals surface area contributed by atoms with Crippen molar-refractivity contribution in [3.63, 3.8) is 0 Å². The number of carbonyl (C=O) groups excluding carboxylic acids is 2. The largest absolute Gasteiger partial charge is 0.483 e. The summed E-state index contributed by atoms with van der Waals surface area (Å²) in [5.41, 5.74) is 5.50. The molecule has 4 aromatic rings. The van der Waals surface area contributed by atoms with Gasteiger partial charge in [0.25, 0.3) is 0 Å². The van der Waals surface area contributed by atoms with Crippen LogP contribution in [-0.4, -0.2) is 36.4 Å². The van der Waals surface area contributed by atoms with Gasteiger partial charge in [-0.1, -0.05) is 71.4 Å². The molecule has 0 saturated carbocycles. The van der Waals surface area contributed by atoms with E-state index in [1.807, 2.05) is 61.5 Å². The number of benzene rings is 3. The molecule has 8 nitrogen and oxygen atoms in total. The molecule has 4 rings (SSSR count). The van der Waals surface area contributed by atoms with Crippen LogP contribution in [-0.2, 0) is 25.5 Å². The number of aryl methyl sites for hydroxylation is 4. The lowest BCUT2D eigenvalue weighted by Gasteiger charge is -2.26. The van der Waals surface area contributed by atoms with Crippen molar-refractivity contribution in [1.82, 2.24) is 10.5 Å². The van der Waals surface area contributed by atoms with Crippen LogP contribution >= 0.6 is 0 Å². The first-order valence-corrected chi connectivity index (χ1v) is 14.3. The van der Waals surface area contributed by atoms with Gasteiger partial charge in [0.2, 0.25) is 5.91 Å². The van der Waals surface area contributed by atoms with Crippen molar-refractivity contribution in [3.05, 3.63) is 118 Å². The highest BCUT2D eigenvalue weighted by molar-refractivity contribution is 5.79. The second-order valence-electron chi connectivity index (χ2n) is 11.2. The van der Waals surface area contributed by atoms with E-state index in [1.165, 1.54) is 12.7 Å². The van der Waals surface area contributed by atoms with Crippen molar-refractivity contribution >= 4 is 11.9 Å². The van der Waals surface area contributed by atoms with Gasteiger partial charge in [0.15, 0.2) is 11.7 Å². The number of esters is 1. The lowest BCUT2D eigenvalue weighted by Crippen LogP contribution is -2.38. The Morgan fingerprint density at radius 2 is 1.65 bits per heavy atom. The van der Waals surface area contributed by atoms with E-state index in [9.17, 15) is 9.59 Å². The summed E-state index contributed by atoms with van der Waals surface area (Å²) in [6, 6.07) is 23.4. The molecule has 0 aliphatic heterocycles. The summed E-state index contributed by atoms with van der Waals surface area (Å²) in [6.45, 7) is 11.1. The Kier molecular flexibility index (Phi) is 10.0. The first kappa shape index (κ1) is 31.5. The Morgan fingerprint density at radius 1 is 0.953 bits per heavy atom. The molecule has 0 radical (unpaired) electrons. The second-order valence-corrected chi connectivity index (χ2v) is 11.2. The summed E-state index contributed by atoms with van der Waals surface area (Å²) < 4.78 is 22.5. The molecule has 2 unspecified atom stereocenters. The topological polar surface area (TPSA) is 99.9 Å². The van der Waals surface area contributed by atoms with Gasteiger partial charge in [-0.15, -0.1) is 0 Å². The molecule has 2 atom stereocenters. The normalized spacial score (nSPS) is 12.8. The average molecular weight is 585 g/mol. The molecule has 1 amide bonds. The zero-order valence-corrected chi connectivity index (χ0v) is 25.9. The van der Waals surface area contributed by atoms with Crippen LogP contribution in [0.3, 0.4) is 0 Å². The van der Waals surface area contributed by atoms with Crippen LogP contribution in [0.1, 0.15) is 70.8 Å². The smallest absolute Gasteiger partial charge is 0.337 e. The van der Waals surface area contributed by atoms with Crippen LogP contribution in [0.25, 0.3) is 0 Å². The summed E-state index contributed by atoms with van der Waals surface area (Å²) in [6.07, 6.45) is -0.383. The van der Waals surface area contributed by atoms with Crippen LogP contribution < -0.4 is 10.1 Å². The highest BCUT2D eigenvalue weighted by Crippen LogP contribution is 2.30. The van der Waals surface area contributed by atoms with E-state index in [4.69, 9.17) is 18.7 Å². The Bertz CT molecular complexity index is 1520. The van der Waals surface area contributed by atoms with Crippen LogP contribution in [0.5, 0.6) is 5.75 Å². The molecule has 1 heterocycles. The van der Waals surface area contributed by atoms with Gasteiger partial charge in [0.1, 0.15) is 11.5 Å². The van der Waals surface area contributed by atoms with Crippen LogP contribution in [0.2, 0.25) is 0 Å². The van der Waals surface area contributed by atoms with Crippen molar-refractivity contribution in [1.29, 1.82) is 0 Å². The Hall–Kier alpha value is -4.43. The van der Waals surface area contributed by atoms with Gasteiger partial charge < -0.3 is 24.1 Å². The number of hydrogen-bond acceptors (Lipinski definition) is 7. The second kappa shape index (κ2) is 13.7. The van der Waals surface area contributed by atoms with E-state index in [-0.39, 0.29) is 25.0 Å². The number of ether oxygens (including phenoxy) is 3. The minimum absolute atomic E-state index is 0.0639. The molecule has 0 saturated heterocycles. The number of methoxy groups -OCH3 is 1. The number of carbonyl (C=O) groups is 2. The van der Waals surface area contributed by atoms with Gasteiger partial charge in [0, 0.05) is 0 Å². The summed E-state index contributed by atoms with van der Waals surface area (Å²) in [7, 11) is 1.32. The maximum Gasteiger partial charge on any atom is 0.337 e. The van der Waals surface area contributed by atoms with Crippen molar-refractivity contribution in [2.24, 2.45) is 0 Å². The molecule has 43 heavy (non-hydrogen) atoms. The zero-order chi connectivity index (χ0) is 31.1. The lowest BCUT2D eigenvalue weighted by atomic mass is 9.93. The SMILES string of the molecule is COC(=O)C(C)(C)OCC(Oc1ccc(CC(=O)NC(c2ccccc2)c2ccc(C)cc2C)cc1)c1c(C)noc1C. The zero-order valence-electron chi connectivity index (χ0n) is 25.9. The maximum atomic E-state index is 13.3. The van der Waals surface area contributed by atoms with E-state index in [0.29, 0.717) is 17.2 Å². The third-order valence-electron chi connectivity index (χ3n) is 7.42. The van der Waals surface area contributed by atoms with Crippen molar-refractivity contribution < 1.29 is 28.3 Å². The van der Waals surface area contributed by atoms with Crippen LogP contribution in [0.4, 0.5) is 0 Å². The van der Waals surface area contributed by atoms with E-state index < -0.39 is 17.7 Å². The van der Waals surface area contributed by atoms with Crippen molar-refractivity contribution in [3.8, 4) is 5.75 Å².